The van der Waals surface area contributed by atoms with Crippen LogP contribution in [0.4, 0.5) is 0 Å². The summed E-state index contributed by atoms with van der Waals surface area (Å²) in [5.41, 5.74) is 3.30. The van der Waals surface area contributed by atoms with Crippen molar-refractivity contribution in [1.82, 2.24) is 15.1 Å². The molecule has 1 saturated heterocycles. The zero-order valence-corrected chi connectivity index (χ0v) is 9.98. The Hall–Kier alpha value is -1.85. The number of hydrogen-bond acceptors (Lipinski definition) is 3. The van der Waals surface area contributed by atoms with Crippen LogP contribution in [0, 0.1) is 5.92 Å². The van der Waals surface area contributed by atoms with Crippen molar-refractivity contribution in [3.8, 4) is 0 Å². The van der Waals surface area contributed by atoms with E-state index in [2.05, 4.69) is 10.2 Å². The van der Waals surface area contributed by atoms with Gasteiger partial charge in [0.2, 0.25) is 5.91 Å². The largest absolute Gasteiger partial charge is 0.481 e. The van der Waals surface area contributed by atoms with Crippen molar-refractivity contribution in [3.05, 3.63) is 17.0 Å². The molecule has 1 atom stereocenters. The van der Waals surface area contributed by atoms with Crippen molar-refractivity contribution in [2.75, 3.05) is 6.54 Å². The van der Waals surface area contributed by atoms with Crippen LogP contribution in [0.2, 0.25) is 0 Å². The van der Waals surface area contributed by atoms with Crippen molar-refractivity contribution < 1.29 is 14.7 Å². The van der Waals surface area contributed by atoms with Gasteiger partial charge in [0, 0.05) is 18.7 Å². The number of likely N-dealkylation sites (tertiary alicyclic amines) is 1. The Kier molecular flexibility index (Phi) is 2.57. The zero-order chi connectivity index (χ0) is 12.7. The molecule has 96 valence electrons. The fourth-order valence-electron chi connectivity index (χ4n) is 2.79. The van der Waals surface area contributed by atoms with E-state index in [1.807, 2.05) is 0 Å². The van der Waals surface area contributed by atoms with Crippen LogP contribution in [0.3, 0.4) is 0 Å². The highest BCUT2D eigenvalue weighted by molar-refractivity contribution is 5.86. The second-order valence-corrected chi connectivity index (χ2v) is 4.99. The van der Waals surface area contributed by atoms with Gasteiger partial charge in [-0.3, -0.25) is 14.7 Å². The highest BCUT2D eigenvalue weighted by atomic mass is 16.4. The monoisotopic (exact) mass is 249 g/mol. The van der Waals surface area contributed by atoms with E-state index in [4.69, 9.17) is 5.11 Å². The number of carbonyl (C=O) groups is 2. The number of aryl methyl sites for hydroxylation is 1. The molecule has 0 spiro atoms. The standard InChI is InChI=1S/C12H15N3O3/c16-11-4-7(12(17)18)5-15(11)6-10-8-2-1-3-9(8)13-14-10/h7H,1-6H2,(H,13,14)(H,17,18). The summed E-state index contributed by atoms with van der Waals surface area (Å²) in [5.74, 6) is -1.54. The third kappa shape index (κ3) is 1.77. The highest BCUT2D eigenvalue weighted by Gasteiger charge is 2.35. The predicted octanol–water partition coefficient (Wildman–Crippen LogP) is 0.331. The molecule has 2 heterocycles. The van der Waals surface area contributed by atoms with E-state index < -0.39 is 11.9 Å². The van der Waals surface area contributed by atoms with Gasteiger partial charge in [0.1, 0.15) is 0 Å². The number of carbonyl (C=O) groups excluding carboxylic acids is 1. The highest BCUT2D eigenvalue weighted by Crippen LogP contribution is 2.26. The average molecular weight is 249 g/mol. The predicted molar refractivity (Wildman–Crippen MR) is 61.8 cm³/mol. The van der Waals surface area contributed by atoms with Crippen LogP contribution in [0.5, 0.6) is 0 Å². The molecule has 18 heavy (non-hydrogen) atoms. The number of fused-ring (bicyclic) bond motifs is 1. The molecule has 1 aliphatic heterocycles. The first-order valence-electron chi connectivity index (χ1n) is 6.20. The number of H-pyrrole nitrogens is 1. The number of nitrogens with zero attached hydrogens (tertiary/aromatic N) is 2. The van der Waals surface area contributed by atoms with Crippen LogP contribution < -0.4 is 0 Å². The second-order valence-electron chi connectivity index (χ2n) is 4.99. The molecule has 1 aliphatic carbocycles. The van der Waals surface area contributed by atoms with Crippen LogP contribution in [0.1, 0.15) is 29.8 Å². The summed E-state index contributed by atoms with van der Waals surface area (Å²) in [6.45, 7) is 0.740. The van der Waals surface area contributed by atoms with Crippen molar-refractivity contribution in [3.63, 3.8) is 0 Å². The maximum atomic E-state index is 11.7. The van der Waals surface area contributed by atoms with Gasteiger partial charge in [-0.1, -0.05) is 0 Å². The van der Waals surface area contributed by atoms with E-state index in [-0.39, 0.29) is 12.3 Å². The lowest BCUT2D eigenvalue weighted by molar-refractivity contribution is -0.141. The molecule has 6 nitrogen and oxygen atoms in total. The minimum atomic E-state index is -0.891. The van der Waals surface area contributed by atoms with Crippen LogP contribution in [-0.2, 0) is 29.0 Å². The molecular weight excluding hydrogens is 234 g/mol. The van der Waals surface area contributed by atoms with E-state index in [0.29, 0.717) is 13.1 Å². The topological polar surface area (TPSA) is 86.3 Å². The minimum Gasteiger partial charge on any atom is -0.481 e. The van der Waals surface area contributed by atoms with Gasteiger partial charge in [0.15, 0.2) is 0 Å². The van der Waals surface area contributed by atoms with E-state index in [9.17, 15) is 9.59 Å². The molecule has 2 N–H and O–H groups in total. The van der Waals surface area contributed by atoms with Gasteiger partial charge in [-0.2, -0.15) is 5.10 Å². The first-order chi connectivity index (χ1) is 8.65. The first kappa shape index (κ1) is 11.3. The molecule has 0 radical (unpaired) electrons. The molecule has 0 aromatic carbocycles. The Morgan fingerprint density at radius 1 is 1.50 bits per heavy atom. The maximum absolute atomic E-state index is 11.7. The smallest absolute Gasteiger partial charge is 0.308 e. The lowest BCUT2D eigenvalue weighted by Crippen LogP contribution is -2.26. The SMILES string of the molecule is O=C(O)C1CC(=O)N(Cc2n[nH]c3c2CCC3)C1. The summed E-state index contributed by atoms with van der Waals surface area (Å²) in [7, 11) is 0. The number of aromatic amines is 1. The van der Waals surface area contributed by atoms with Crippen LogP contribution in [0.15, 0.2) is 0 Å². The first-order valence-corrected chi connectivity index (χ1v) is 6.20. The minimum absolute atomic E-state index is 0.0860. The van der Waals surface area contributed by atoms with Crippen molar-refractivity contribution in [2.45, 2.75) is 32.2 Å². The van der Waals surface area contributed by atoms with Gasteiger partial charge >= 0.3 is 5.97 Å². The zero-order valence-electron chi connectivity index (χ0n) is 9.98. The summed E-state index contributed by atoms with van der Waals surface area (Å²) in [4.78, 5) is 24.2. The lowest BCUT2D eigenvalue weighted by Gasteiger charge is -2.14. The van der Waals surface area contributed by atoms with Gasteiger partial charge in [-0.15, -0.1) is 0 Å². The quantitative estimate of drug-likeness (QED) is 0.808. The molecule has 6 heteroatoms. The summed E-state index contributed by atoms with van der Waals surface area (Å²) in [5, 5.41) is 16.2. The van der Waals surface area contributed by atoms with Gasteiger partial charge in [-0.25, -0.2) is 0 Å². The van der Waals surface area contributed by atoms with E-state index >= 15 is 0 Å². The number of carboxylic acids is 1. The number of rotatable bonds is 3. The number of aliphatic carboxylic acids is 1. The molecule has 1 unspecified atom stereocenters. The number of amides is 1. The Labute approximate surface area is 104 Å². The summed E-state index contributed by atoms with van der Waals surface area (Å²) < 4.78 is 0. The molecule has 1 aromatic rings. The number of carboxylic acid groups (broad SMARTS) is 1. The molecule has 0 bridgehead atoms. The fraction of sp³-hybridized carbons (Fsp3) is 0.583. The maximum Gasteiger partial charge on any atom is 0.308 e. The van der Waals surface area contributed by atoms with Crippen molar-refractivity contribution in [1.29, 1.82) is 0 Å². The number of nitrogens with one attached hydrogen (secondary N) is 1. The number of hydrogen-bond donors (Lipinski definition) is 2. The molecule has 1 fully saturated rings. The second kappa shape index (κ2) is 4.12. The fourth-order valence-corrected chi connectivity index (χ4v) is 2.79. The average Bonchev–Trinajstić information content (AvgIpc) is 2.97. The molecule has 1 amide bonds. The van der Waals surface area contributed by atoms with Gasteiger partial charge in [-0.05, 0) is 24.8 Å². The van der Waals surface area contributed by atoms with Crippen LogP contribution in [0.25, 0.3) is 0 Å². The van der Waals surface area contributed by atoms with Gasteiger partial charge in [0.25, 0.3) is 0 Å². The third-order valence-electron chi connectivity index (χ3n) is 3.80. The van der Waals surface area contributed by atoms with E-state index in [1.165, 1.54) is 11.3 Å². The molecule has 2 aliphatic rings. The molecule has 3 rings (SSSR count). The Morgan fingerprint density at radius 2 is 2.33 bits per heavy atom. The van der Waals surface area contributed by atoms with Crippen molar-refractivity contribution >= 4 is 11.9 Å². The van der Waals surface area contributed by atoms with Gasteiger partial charge in [0.05, 0.1) is 18.2 Å². The lowest BCUT2D eigenvalue weighted by atomic mass is 10.1. The summed E-state index contributed by atoms with van der Waals surface area (Å²) in [6, 6.07) is 0. The van der Waals surface area contributed by atoms with Crippen LogP contribution in [-0.4, -0.2) is 38.6 Å². The molecule has 0 saturated carbocycles. The van der Waals surface area contributed by atoms with Crippen LogP contribution >= 0.6 is 0 Å². The van der Waals surface area contributed by atoms with E-state index in [0.717, 1.165) is 25.0 Å². The molecule has 1 aromatic heterocycles. The summed E-state index contributed by atoms with van der Waals surface area (Å²) in [6.07, 6.45) is 3.27. The Morgan fingerprint density at radius 3 is 3.06 bits per heavy atom. The summed E-state index contributed by atoms with van der Waals surface area (Å²) >= 11 is 0. The van der Waals surface area contributed by atoms with Crippen molar-refractivity contribution in [2.24, 2.45) is 5.92 Å². The van der Waals surface area contributed by atoms with E-state index in [1.54, 1.807) is 4.90 Å². The molecular formula is C12H15N3O3. The third-order valence-corrected chi connectivity index (χ3v) is 3.80. The Balaban J connectivity index is 1.73. The Bertz CT molecular complexity index is 509. The van der Waals surface area contributed by atoms with Gasteiger partial charge < -0.3 is 10.0 Å². The number of aromatic nitrogens is 2. The normalized spacial score (nSPS) is 22.6.